The van der Waals surface area contributed by atoms with E-state index in [9.17, 15) is 43.2 Å². The number of ether oxygens (including phenoxy) is 4. The van der Waals surface area contributed by atoms with Crippen LogP contribution in [0.2, 0.25) is 0 Å². The van der Waals surface area contributed by atoms with E-state index in [1.807, 2.05) is 0 Å². The van der Waals surface area contributed by atoms with Crippen LogP contribution in [0.15, 0.2) is 0 Å². The summed E-state index contributed by atoms with van der Waals surface area (Å²) in [6, 6.07) is 0. The van der Waals surface area contributed by atoms with E-state index in [-0.39, 0.29) is 25.7 Å². The molecule has 3 unspecified atom stereocenters. The molecule has 0 aromatic heterocycles. The molecule has 3 N–H and O–H groups in total. The third-order valence-electron chi connectivity index (χ3n) is 18.7. The van der Waals surface area contributed by atoms with Crippen molar-refractivity contribution in [1.82, 2.24) is 0 Å². The van der Waals surface area contributed by atoms with Crippen LogP contribution in [-0.4, -0.2) is 96.7 Å². The summed E-state index contributed by atoms with van der Waals surface area (Å²) in [7, 11) is -9.91. The molecule has 19 heteroatoms. The van der Waals surface area contributed by atoms with E-state index >= 15 is 0 Å². The van der Waals surface area contributed by atoms with Gasteiger partial charge in [-0.1, -0.05) is 357 Å². The molecule has 0 aliphatic carbocycles. The first-order chi connectivity index (χ1) is 47.3. The normalized spacial score (nSPS) is 14.3. The number of phosphoric acid groups is 2. The van der Waals surface area contributed by atoms with Gasteiger partial charge in [-0.05, 0) is 43.4 Å². The molecule has 98 heavy (non-hydrogen) atoms. The SMILES string of the molecule is CCCCCCCCCCCCC(=O)OC[C@H](COP(=O)(O)OC[C@H](O)COP(=O)(O)OC[C@@H](COC(=O)CCCCCCCCCCCCCC(C)C)OC(=O)CCCCCCCCCCCCCCCCCCCCC(C)CC)OC(=O)CCCCCCCCCCCC(C)C. The van der Waals surface area contributed by atoms with Gasteiger partial charge in [-0.15, -0.1) is 0 Å². The summed E-state index contributed by atoms with van der Waals surface area (Å²) in [5.74, 6) is 0.264. The highest BCUT2D eigenvalue weighted by Crippen LogP contribution is 2.45. The van der Waals surface area contributed by atoms with E-state index in [2.05, 4.69) is 48.5 Å². The van der Waals surface area contributed by atoms with Gasteiger partial charge in [0.2, 0.25) is 0 Å². The third kappa shape index (κ3) is 71.1. The number of carbonyl (C=O) groups is 4. The van der Waals surface area contributed by atoms with Crippen LogP contribution in [0.4, 0.5) is 0 Å². The van der Waals surface area contributed by atoms with E-state index in [1.165, 1.54) is 218 Å². The van der Waals surface area contributed by atoms with E-state index < -0.39 is 97.5 Å². The van der Waals surface area contributed by atoms with Crippen LogP contribution >= 0.6 is 15.6 Å². The number of hydrogen-bond acceptors (Lipinski definition) is 15. The van der Waals surface area contributed by atoms with Gasteiger partial charge in [-0.25, -0.2) is 9.13 Å². The van der Waals surface area contributed by atoms with E-state index in [1.54, 1.807) is 0 Å². The number of carbonyl (C=O) groups excluding carboxylic acids is 4. The average molecular weight is 1440 g/mol. The van der Waals surface area contributed by atoms with Gasteiger partial charge in [0.25, 0.3) is 0 Å². The van der Waals surface area contributed by atoms with Crippen LogP contribution in [0.25, 0.3) is 0 Å². The van der Waals surface area contributed by atoms with Crippen LogP contribution in [0.5, 0.6) is 0 Å². The molecule has 0 rings (SSSR count). The molecule has 0 radical (unpaired) electrons. The fourth-order valence-electron chi connectivity index (χ4n) is 12.1. The first-order valence-corrected chi connectivity index (χ1v) is 43.9. The number of esters is 4. The van der Waals surface area contributed by atoms with Crippen LogP contribution in [0, 0.1) is 17.8 Å². The molecular formula is C79H154O17P2. The molecule has 6 atom stereocenters. The lowest BCUT2D eigenvalue weighted by Crippen LogP contribution is -2.30. The molecule has 0 saturated carbocycles. The summed E-state index contributed by atoms with van der Waals surface area (Å²) in [4.78, 5) is 72.9. The van der Waals surface area contributed by atoms with E-state index in [0.717, 1.165) is 108 Å². The van der Waals surface area contributed by atoms with Gasteiger partial charge in [0.15, 0.2) is 12.2 Å². The Kier molecular flexibility index (Phi) is 68.1. The molecule has 0 saturated heterocycles. The molecule has 0 aromatic rings. The Hall–Kier alpha value is -1.94. The fraction of sp³-hybridized carbons (Fsp3) is 0.949. The van der Waals surface area contributed by atoms with Gasteiger partial charge < -0.3 is 33.8 Å². The van der Waals surface area contributed by atoms with Crippen LogP contribution in [0.3, 0.4) is 0 Å². The van der Waals surface area contributed by atoms with Gasteiger partial charge in [-0.2, -0.15) is 0 Å². The number of aliphatic hydroxyl groups excluding tert-OH is 1. The maximum atomic E-state index is 13.1. The highest BCUT2D eigenvalue weighted by atomic mass is 31.2. The van der Waals surface area contributed by atoms with Crippen molar-refractivity contribution in [3.05, 3.63) is 0 Å². The van der Waals surface area contributed by atoms with E-state index in [4.69, 9.17) is 37.0 Å². The predicted molar refractivity (Wildman–Crippen MR) is 400 cm³/mol. The summed E-state index contributed by atoms with van der Waals surface area (Å²) in [6.07, 6.45) is 56.9. The summed E-state index contributed by atoms with van der Waals surface area (Å²) >= 11 is 0. The quantitative estimate of drug-likeness (QED) is 0.0222. The van der Waals surface area contributed by atoms with Gasteiger partial charge >= 0.3 is 39.5 Å². The molecule has 0 aromatic carbocycles. The maximum Gasteiger partial charge on any atom is 0.472 e. The number of aliphatic hydroxyl groups is 1. The van der Waals surface area contributed by atoms with Crippen molar-refractivity contribution in [1.29, 1.82) is 0 Å². The molecule has 0 spiro atoms. The average Bonchev–Trinajstić information content (AvgIpc) is 0.998. The zero-order valence-corrected chi connectivity index (χ0v) is 66.0. The van der Waals surface area contributed by atoms with Crippen molar-refractivity contribution in [3.8, 4) is 0 Å². The second kappa shape index (κ2) is 69.4. The fourth-order valence-corrected chi connectivity index (χ4v) is 13.7. The molecule has 17 nitrogen and oxygen atoms in total. The summed E-state index contributed by atoms with van der Waals surface area (Å²) in [5.41, 5.74) is 0. The van der Waals surface area contributed by atoms with Crippen LogP contribution < -0.4 is 0 Å². The number of rotatable bonds is 77. The van der Waals surface area contributed by atoms with Gasteiger partial charge in [0.1, 0.15) is 19.3 Å². The van der Waals surface area contributed by atoms with Gasteiger partial charge in [0, 0.05) is 25.7 Å². The monoisotopic (exact) mass is 1440 g/mol. The number of unbranched alkanes of at least 4 members (excludes halogenated alkanes) is 44. The number of phosphoric ester groups is 2. The van der Waals surface area contributed by atoms with Gasteiger partial charge in [0.05, 0.1) is 26.4 Å². The smallest absolute Gasteiger partial charge is 0.462 e. The van der Waals surface area contributed by atoms with Crippen molar-refractivity contribution in [2.24, 2.45) is 17.8 Å². The Morgan fingerprint density at radius 2 is 0.520 bits per heavy atom. The highest BCUT2D eigenvalue weighted by molar-refractivity contribution is 7.47. The third-order valence-corrected chi connectivity index (χ3v) is 20.6. The Labute approximate surface area is 600 Å². The standard InChI is InChI=1S/C79H154O17P2/c1-8-10-11-12-13-14-32-39-46-53-60-76(81)89-66-75(96-79(84)63-56-49-42-35-28-30-37-44-51-58-71(5)6)69-94-98(87,88)92-65-73(80)64-91-97(85,86)93-68-74(67-90-77(82)61-54-47-40-33-27-23-24-29-36-43-50-57-70(3)4)95-78(83)62-55-48-41-34-26-22-20-18-16-15-17-19-21-25-31-38-45-52-59-72(7)9-2/h70-75,80H,8-69H2,1-7H3,(H,85,86)(H,87,88)/t72?,73-,74-,75-/m1/s1. The maximum absolute atomic E-state index is 13.1. The second-order valence-corrected chi connectivity index (χ2v) is 32.6. The second-order valence-electron chi connectivity index (χ2n) is 29.6. The van der Waals surface area contributed by atoms with Crippen molar-refractivity contribution in [2.45, 2.75) is 426 Å². The molecule has 0 aliphatic rings. The van der Waals surface area contributed by atoms with Crippen LogP contribution in [-0.2, 0) is 65.4 Å². The molecule has 582 valence electrons. The number of hydrogen-bond donors (Lipinski definition) is 3. The zero-order valence-electron chi connectivity index (χ0n) is 64.3. The van der Waals surface area contributed by atoms with Crippen molar-refractivity contribution >= 4 is 39.5 Å². The lowest BCUT2D eigenvalue weighted by atomic mass is 9.99. The first-order valence-electron chi connectivity index (χ1n) is 40.9. The Morgan fingerprint density at radius 3 is 0.776 bits per heavy atom. The molecule has 0 amide bonds. The van der Waals surface area contributed by atoms with Crippen molar-refractivity contribution < 1.29 is 80.2 Å². The Morgan fingerprint density at radius 1 is 0.296 bits per heavy atom. The van der Waals surface area contributed by atoms with Crippen LogP contribution in [0.1, 0.15) is 408 Å². The molecule has 0 fully saturated rings. The topological polar surface area (TPSA) is 237 Å². The summed E-state index contributed by atoms with van der Waals surface area (Å²) < 4.78 is 68.6. The van der Waals surface area contributed by atoms with Crippen molar-refractivity contribution in [2.75, 3.05) is 39.6 Å². The Bertz CT molecular complexity index is 1910. The van der Waals surface area contributed by atoms with E-state index in [0.29, 0.717) is 25.7 Å². The minimum Gasteiger partial charge on any atom is -0.462 e. The zero-order chi connectivity index (χ0) is 72.3. The molecular weight excluding hydrogens is 1280 g/mol. The Balaban J connectivity index is 5.20. The summed E-state index contributed by atoms with van der Waals surface area (Å²) in [6.45, 7) is 12.0. The van der Waals surface area contributed by atoms with Gasteiger partial charge in [-0.3, -0.25) is 37.3 Å². The molecule has 0 aliphatic heterocycles. The lowest BCUT2D eigenvalue weighted by molar-refractivity contribution is -0.161. The highest BCUT2D eigenvalue weighted by Gasteiger charge is 2.30. The minimum atomic E-state index is -4.96. The first kappa shape index (κ1) is 96.1. The lowest BCUT2D eigenvalue weighted by Gasteiger charge is -2.21. The summed E-state index contributed by atoms with van der Waals surface area (Å²) in [5, 5.41) is 10.6. The minimum absolute atomic E-state index is 0.105. The van der Waals surface area contributed by atoms with Crippen molar-refractivity contribution in [3.63, 3.8) is 0 Å². The molecule has 0 bridgehead atoms. The predicted octanol–water partition coefficient (Wildman–Crippen LogP) is 23.4. The molecule has 0 heterocycles. The largest absolute Gasteiger partial charge is 0.472 e.